The summed E-state index contributed by atoms with van der Waals surface area (Å²) in [5, 5.41) is 12.5. The Balaban J connectivity index is 1.45. The molecule has 4 N–H and O–H groups in total. The SMILES string of the molecule is N#CC(CNC(=O)C1(N)CCCCC1)c1ccc(-c2ccc3oc(=O)[nH]c3c2)cc1. The van der Waals surface area contributed by atoms with E-state index in [-0.39, 0.29) is 12.5 Å². The molecule has 0 aliphatic heterocycles. The lowest BCUT2D eigenvalue weighted by Gasteiger charge is -2.32. The fourth-order valence-corrected chi connectivity index (χ4v) is 4.06. The minimum absolute atomic E-state index is 0.165. The predicted octanol–water partition coefficient (Wildman–Crippen LogP) is 3.17. The van der Waals surface area contributed by atoms with Gasteiger partial charge in [-0.2, -0.15) is 5.26 Å². The summed E-state index contributed by atoms with van der Waals surface area (Å²) in [7, 11) is 0. The zero-order valence-corrected chi connectivity index (χ0v) is 16.6. The number of nitrogens with zero attached hydrogens (tertiary/aromatic N) is 1. The second kappa shape index (κ2) is 8.17. The number of hydrogen-bond acceptors (Lipinski definition) is 5. The van der Waals surface area contributed by atoms with Gasteiger partial charge in [0.1, 0.15) is 0 Å². The number of carbonyl (C=O) groups is 1. The molecule has 2 aromatic carbocycles. The number of fused-ring (bicyclic) bond motifs is 1. The van der Waals surface area contributed by atoms with Crippen molar-refractivity contribution in [3.63, 3.8) is 0 Å². The number of oxazole rings is 1. The highest BCUT2D eigenvalue weighted by atomic mass is 16.4. The Kier molecular flexibility index (Phi) is 5.42. The summed E-state index contributed by atoms with van der Waals surface area (Å²) in [6, 6.07) is 15.4. The van der Waals surface area contributed by atoms with Gasteiger partial charge in [0.25, 0.3) is 0 Å². The van der Waals surface area contributed by atoms with Crippen LogP contribution in [-0.4, -0.2) is 23.0 Å². The molecule has 1 saturated carbocycles. The van der Waals surface area contributed by atoms with Gasteiger partial charge in [-0.25, -0.2) is 4.79 Å². The maximum Gasteiger partial charge on any atom is 0.417 e. The number of aromatic nitrogens is 1. The van der Waals surface area contributed by atoms with Crippen molar-refractivity contribution in [2.75, 3.05) is 6.54 Å². The monoisotopic (exact) mass is 404 g/mol. The zero-order valence-electron chi connectivity index (χ0n) is 16.6. The molecular formula is C23H24N4O3. The van der Waals surface area contributed by atoms with Gasteiger partial charge in [0, 0.05) is 6.54 Å². The molecule has 0 radical (unpaired) electrons. The fraction of sp³-hybridized carbons (Fsp3) is 0.348. The van der Waals surface area contributed by atoms with Gasteiger partial charge in [-0.3, -0.25) is 9.78 Å². The van der Waals surface area contributed by atoms with Gasteiger partial charge in [-0.15, -0.1) is 0 Å². The number of carbonyl (C=O) groups excluding carboxylic acids is 1. The van der Waals surface area contributed by atoms with Crippen molar-refractivity contribution in [1.29, 1.82) is 5.26 Å². The third-order valence-corrected chi connectivity index (χ3v) is 5.89. The van der Waals surface area contributed by atoms with Crippen LogP contribution in [0.2, 0.25) is 0 Å². The van der Waals surface area contributed by atoms with E-state index in [9.17, 15) is 14.9 Å². The first kappa shape index (κ1) is 19.9. The lowest BCUT2D eigenvalue weighted by Crippen LogP contribution is -2.55. The Hall–Kier alpha value is -3.37. The van der Waals surface area contributed by atoms with E-state index in [1.807, 2.05) is 36.4 Å². The zero-order chi connectivity index (χ0) is 21.1. The number of amides is 1. The maximum absolute atomic E-state index is 12.5. The minimum atomic E-state index is -0.811. The number of nitrogens with two attached hydrogens (primary N) is 1. The quantitative estimate of drug-likeness (QED) is 0.602. The van der Waals surface area contributed by atoms with Crippen molar-refractivity contribution in [2.45, 2.75) is 43.6 Å². The van der Waals surface area contributed by atoms with Gasteiger partial charge >= 0.3 is 5.76 Å². The molecule has 7 nitrogen and oxygen atoms in total. The van der Waals surface area contributed by atoms with Crippen LogP contribution in [0.25, 0.3) is 22.2 Å². The van der Waals surface area contributed by atoms with E-state index in [0.717, 1.165) is 36.0 Å². The molecule has 154 valence electrons. The largest absolute Gasteiger partial charge is 0.417 e. The Bertz CT molecular complexity index is 1150. The highest BCUT2D eigenvalue weighted by Crippen LogP contribution is 2.27. The maximum atomic E-state index is 12.5. The van der Waals surface area contributed by atoms with Crippen LogP contribution in [0.3, 0.4) is 0 Å². The van der Waals surface area contributed by atoms with Gasteiger partial charge < -0.3 is 15.5 Å². The number of nitriles is 1. The van der Waals surface area contributed by atoms with E-state index in [4.69, 9.17) is 10.2 Å². The van der Waals surface area contributed by atoms with Crippen LogP contribution in [0.5, 0.6) is 0 Å². The second-order valence-electron chi connectivity index (χ2n) is 7.96. The third-order valence-electron chi connectivity index (χ3n) is 5.89. The van der Waals surface area contributed by atoms with E-state index in [0.29, 0.717) is 23.9 Å². The van der Waals surface area contributed by atoms with Gasteiger partial charge in [-0.1, -0.05) is 49.6 Å². The highest BCUT2D eigenvalue weighted by molar-refractivity contribution is 5.86. The summed E-state index contributed by atoms with van der Waals surface area (Å²) in [5.41, 5.74) is 9.31. The molecule has 3 aromatic rings. The van der Waals surface area contributed by atoms with Crippen LogP contribution in [0.4, 0.5) is 0 Å². The number of hydrogen-bond donors (Lipinski definition) is 3. The van der Waals surface area contributed by atoms with Crippen LogP contribution >= 0.6 is 0 Å². The van der Waals surface area contributed by atoms with E-state index in [1.54, 1.807) is 6.07 Å². The fourth-order valence-electron chi connectivity index (χ4n) is 4.06. The van der Waals surface area contributed by atoms with Crippen molar-refractivity contribution < 1.29 is 9.21 Å². The Morgan fingerprint density at radius 1 is 1.17 bits per heavy atom. The molecule has 0 saturated heterocycles. The first-order valence-electron chi connectivity index (χ1n) is 10.2. The van der Waals surface area contributed by atoms with Crippen LogP contribution in [-0.2, 0) is 4.79 Å². The molecule has 1 fully saturated rings. The smallest absolute Gasteiger partial charge is 0.408 e. The Labute approximate surface area is 173 Å². The molecule has 1 amide bonds. The van der Waals surface area contributed by atoms with Crippen LogP contribution in [0.15, 0.2) is 51.7 Å². The molecular weight excluding hydrogens is 380 g/mol. The van der Waals surface area contributed by atoms with E-state index in [1.165, 1.54) is 0 Å². The first-order chi connectivity index (χ1) is 14.5. The van der Waals surface area contributed by atoms with Gasteiger partial charge in [0.15, 0.2) is 5.58 Å². The normalized spacial score (nSPS) is 16.7. The molecule has 1 heterocycles. The topological polar surface area (TPSA) is 125 Å². The van der Waals surface area contributed by atoms with E-state index < -0.39 is 17.2 Å². The number of aromatic amines is 1. The van der Waals surface area contributed by atoms with Gasteiger partial charge in [0.2, 0.25) is 5.91 Å². The van der Waals surface area contributed by atoms with Crippen molar-refractivity contribution in [3.8, 4) is 17.2 Å². The molecule has 0 spiro atoms. The summed E-state index contributed by atoms with van der Waals surface area (Å²) in [6.07, 6.45) is 4.42. The Morgan fingerprint density at radius 2 is 1.87 bits per heavy atom. The van der Waals surface area contributed by atoms with Crippen LogP contribution < -0.4 is 16.8 Å². The van der Waals surface area contributed by atoms with E-state index in [2.05, 4.69) is 16.4 Å². The van der Waals surface area contributed by atoms with Crippen molar-refractivity contribution >= 4 is 17.0 Å². The third kappa shape index (κ3) is 4.00. The number of rotatable bonds is 5. The van der Waals surface area contributed by atoms with Gasteiger partial charge in [0.05, 0.1) is 23.0 Å². The molecule has 1 aromatic heterocycles. The number of H-pyrrole nitrogens is 1. The molecule has 0 bridgehead atoms. The Morgan fingerprint density at radius 3 is 2.57 bits per heavy atom. The average molecular weight is 404 g/mol. The van der Waals surface area contributed by atoms with Crippen LogP contribution in [0.1, 0.15) is 43.6 Å². The molecule has 7 heteroatoms. The molecule has 1 aliphatic rings. The second-order valence-corrected chi connectivity index (χ2v) is 7.96. The van der Waals surface area contributed by atoms with Gasteiger partial charge in [-0.05, 0) is 41.7 Å². The molecule has 1 atom stereocenters. The summed E-state index contributed by atoms with van der Waals surface area (Å²) in [6.45, 7) is 0.232. The summed E-state index contributed by atoms with van der Waals surface area (Å²) in [5.74, 6) is -1.10. The number of nitrogens with one attached hydrogen (secondary N) is 2. The van der Waals surface area contributed by atoms with Crippen molar-refractivity contribution in [3.05, 3.63) is 58.6 Å². The standard InChI is InChI=1S/C23H24N4O3/c24-13-18(14-26-21(28)23(25)10-2-1-3-11-23)16-6-4-15(5-7-16)17-8-9-20-19(12-17)27-22(29)30-20/h4-9,12,18H,1-3,10-11,14,25H2,(H,26,28)(H,27,29). The minimum Gasteiger partial charge on any atom is -0.408 e. The molecule has 30 heavy (non-hydrogen) atoms. The molecule has 1 aliphatic carbocycles. The average Bonchev–Trinajstić information content (AvgIpc) is 3.14. The summed E-state index contributed by atoms with van der Waals surface area (Å²) < 4.78 is 5.03. The summed E-state index contributed by atoms with van der Waals surface area (Å²) >= 11 is 0. The highest BCUT2D eigenvalue weighted by Gasteiger charge is 2.35. The number of benzene rings is 2. The predicted molar refractivity (Wildman–Crippen MR) is 114 cm³/mol. The van der Waals surface area contributed by atoms with Crippen molar-refractivity contribution in [2.24, 2.45) is 5.73 Å². The molecule has 1 unspecified atom stereocenters. The lowest BCUT2D eigenvalue weighted by molar-refractivity contribution is -0.127. The van der Waals surface area contributed by atoms with Crippen LogP contribution in [0, 0.1) is 11.3 Å². The first-order valence-corrected chi connectivity index (χ1v) is 10.2. The lowest BCUT2D eigenvalue weighted by atomic mass is 9.82. The van der Waals surface area contributed by atoms with E-state index >= 15 is 0 Å². The summed E-state index contributed by atoms with van der Waals surface area (Å²) in [4.78, 5) is 26.5. The molecule has 4 rings (SSSR count). The van der Waals surface area contributed by atoms with Crippen molar-refractivity contribution in [1.82, 2.24) is 10.3 Å².